The molecule has 1 aliphatic heterocycles. The number of rotatable bonds is 9. The summed E-state index contributed by atoms with van der Waals surface area (Å²) in [6.07, 6.45) is 3.28. The van der Waals surface area contributed by atoms with Crippen LogP contribution in [0.2, 0.25) is 5.02 Å². The molecular weight excluding hydrogens is 450 g/mol. The van der Waals surface area contributed by atoms with E-state index >= 15 is 0 Å². The van der Waals surface area contributed by atoms with Crippen LogP contribution in [0.4, 0.5) is 0 Å². The van der Waals surface area contributed by atoms with E-state index in [-0.39, 0.29) is 29.7 Å². The molecule has 2 N–H and O–H groups in total. The molecule has 7 heteroatoms. The van der Waals surface area contributed by atoms with Gasteiger partial charge in [-0.05, 0) is 56.2 Å². The van der Waals surface area contributed by atoms with E-state index in [1.54, 1.807) is 24.3 Å². The summed E-state index contributed by atoms with van der Waals surface area (Å²) in [6.45, 7) is 5.10. The van der Waals surface area contributed by atoms with Crippen molar-refractivity contribution in [2.24, 2.45) is 5.92 Å². The lowest BCUT2D eigenvalue weighted by molar-refractivity contribution is -0.133. The van der Waals surface area contributed by atoms with Crippen LogP contribution in [0.5, 0.6) is 0 Å². The van der Waals surface area contributed by atoms with Crippen molar-refractivity contribution in [1.82, 2.24) is 15.5 Å². The van der Waals surface area contributed by atoms with E-state index in [0.29, 0.717) is 49.4 Å². The van der Waals surface area contributed by atoms with E-state index in [4.69, 9.17) is 11.6 Å². The van der Waals surface area contributed by atoms with Gasteiger partial charge in [0, 0.05) is 25.6 Å². The van der Waals surface area contributed by atoms with Crippen LogP contribution in [0.1, 0.15) is 55.5 Å². The lowest BCUT2D eigenvalue weighted by Gasteiger charge is -2.36. The molecule has 182 valence electrons. The van der Waals surface area contributed by atoms with Crippen LogP contribution in [-0.4, -0.2) is 47.8 Å². The largest absolute Gasteiger partial charge is 0.352 e. The van der Waals surface area contributed by atoms with E-state index in [2.05, 4.69) is 10.6 Å². The molecule has 3 amide bonds. The molecular formula is C27H34ClN3O3. The molecule has 1 heterocycles. The topological polar surface area (TPSA) is 78.5 Å². The predicted molar refractivity (Wildman–Crippen MR) is 135 cm³/mol. The van der Waals surface area contributed by atoms with Crippen LogP contribution in [0.3, 0.4) is 0 Å². The summed E-state index contributed by atoms with van der Waals surface area (Å²) < 4.78 is 0. The van der Waals surface area contributed by atoms with Crippen LogP contribution in [0.15, 0.2) is 54.6 Å². The lowest BCUT2D eigenvalue weighted by atomic mass is 9.88. The highest BCUT2D eigenvalue weighted by Crippen LogP contribution is 2.23. The quantitative estimate of drug-likeness (QED) is 0.560. The predicted octanol–water partition coefficient (Wildman–Crippen LogP) is 4.22. The number of nitrogens with zero attached hydrogens (tertiary/aromatic N) is 1. The van der Waals surface area contributed by atoms with E-state index in [1.165, 1.54) is 0 Å². The molecule has 0 spiro atoms. The van der Waals surface area contributed by atoms with Crippen LogP contribution in [0.25, 0.3) is 0 Å². The second kappa shape index (κ2) is 12.6. The number of benzene rings is 2. The van der Waals surface area contributed by atoms with Crippen molar-refractivity contribution in [3.8, 4) is 0 Å². The number of aryl methyl sites for hydroxylation is 1. The Labute approximate surface area is 207 Å². The van der Waals surface area contributed by atoms with Crippen molar-refractivity contribution in [3.05, 3.63) is 70.7 Å². The Balaban J connectivity index is 1.62. The Kier molecular flexibility index (Phi) is 9.52. The van der Waals surface area contributed by atoms with Crippen molar-refractivity contribution < 1.29 is 14.4 Å². The van der Waals surface area contributed by atoms with Crippen molar-refractivity contribution >= 4 is 29.3 Å². The molecule has 0 unspecified atom stereocenters. The minimum absolute atomic E-state index is 0.00636. The summed E-state index contributed by atoms with van der Waals surface area (Å²) in [5.41, 5.74) is 1.49. The van der Waals surface area contributed by atoms with Gasteiger partial charge in [-0.2, -0.15) is 0 Å². The van der Waals surface area contributed by atoms with Gasteiger partial charge in [-0.15, -0.1) is 0 Å². The SMILES string of the molecule is CC[C@H](C)NC(=O)[C@H](NC(=O)c1ccccc1Cl)C1CCN(C(=O)CCc2ccccc2)CC1. The summed E-state index contributed by atoms with van der Waals surface area (Å²) >= 11 is 6.20. The van der Waals surface area contributed by atoms with Gasteiger partial charge >= 0.3 is 0 Å². The minimum atomic E-state index is -0.681. The van der Waals surface area contributed by atoms with Crippen molar-refractivity contribution in [2.45, 2.75) is 58.0 Å². The number of halogens is 1. The molecule has 6 nitrogen and oxygen atoms in total. The molecule has 0 aliphatic carbocycles. The van der Waals surface area contributed by atoms with Gasteiger partial charge in [0.2, 0.25) is 11.8 Å². The van der Waals surface area contributed by atoms with Crippen LogP contribution in [0, 0.1) is 5.92 Å². The summed E-state index contributed by atoms with van der Waals surface area (Å²) in [5, 5.41) is 6.28. The Hall–Kier alpha value is -2.86. The maximum atomic E-state index is 13.1. The molecule has 0 aromatic heterocycles. The molecule has 2 aromatic rings. The summed E-state index contributed by atoms with van der Waals surface area (Å²) in [4.78, 5) is 40.6. The fourth-order valence-electron chi connectivity index (χ4n) is 4.23. The third kappa shape index (κ3) is 7.07. The number of nitrogens with one attached hydrogen (secondary N) is 2. The Morgan fingerprint density at radius 1 is 1.00 bits per heavy atom. The molecule has 0 bridgehead atoms. The van der Waals surface area contributed by atoms with Gasteiger partial charge in [0.1, 0.15) is 6.04 Å². The van der Waals surface area contributed by atoms with Gasteiger partial charge in [-0.1, -0.05) is 61.0 Å². The molecule has 1 aliphatic rings. The Bertz CT molecular complexity index is 974. The van der Waals surface area contributed by atoms with Gasteiger partial charge in [0.05, 0.1) is 10.6 Å². The molecule has 2 aromatic carbocycles. The zero-order chi connectivity index (χ0) is 24.5. The Morgan fingerprint density at radius 3 is 2.29 bits per heavy atom. The second-order valence-corrected chi connectivity index (χ2v) is 9.36. The van der Waals surface area contributed by atoms with Crippen molar-refractivity contribution in [3.63, 3.8) is 0 Å². The molecule has 0 radical (unpaired) electrons. The van der Waals surface area contributed by atoms with Gasteiger partial charge in [-0.25, -0.2) is 0 Å². The Morgan fingerprint density at radius 2 is 1.65 bits per heavy atom. The number of carbonyl (C=O) groups is 3. The second-order valence-electron chi connectivity index (χ2n) is 8.95. The summed E-state index contributed by atoms with van der Waals surface area (Å²) in [5.74, 6) is -0.489. The normalized spacial score (nSPS) is 15.9. The van der Waals surface area contributed by atoms with E-state index in [1.807, 2.05) is 49.1 Å². The van der Waals surface area contributed by atoms with E-state index < -0.39 is 6.04 Å². The van der Waals surface area contributed by atoms with Crippen molar-refractivity contribution in [1.29, 1.82) is 0 Å². The lowest BCUT2D eigenvalue weighted by Crippen LogP contribution is -2.55. The first-order valence-corrected chi connectivity index (χ1v) is 12.4. The number of hydrogen-bond acceptors (Lipinski definition) is 3. The fraction of sp³-hybridized carbons (Fsp3) is 0.444. The highest BCUT2D eigenvalue weighted by atomic mass is 35.5. The van der Waals surface area contributed by atoms with Gasteiger partial charge < -0.3 is 15.5 Å². The first kappa shape index (κ1) is 25.8. The van der Waals surface area contributed by atoms with E-state index in [0.717, 1.165) is 12.0 Å². The third-order valence-corrected chi connectivity index (χ3v) is 6.85. The average Bonchev–Trinajstić information content (AvgIpc) is 2.86. The summed E-state index contributed by atoms with van der Waals surface area (Å²) in [7, 11) is 0. The molecule has 1 saturated heterocycles. The zero-order valence-electron chi connectivity index (χ0n) is 19.9. The zero-order valence-corrected chi connectivity index (χ0v) is 20.7. The molecule has 2 atom stereocenters. The molecule has 1 fully saturated rings. The molecule has 0 saturated carbocycles. The highest BCUT2D eigenvalue weighted by Gasteiger charge is 2.34. The smallest absolute Gasteiger partial charge is 0.253 e. The first-order chi connectivity index (χ1) is 16.4. The average molecular weight is 484 g/mol. The standard InChI is InChI=1S/C27H34ClN3O3/c1-3-19(2)29-27(34)25(30-26(33)22-11-7-8-12-23(22)28)21-15-17-31(18-16-21)24(32)14-13-20-9-5-4-6-10-20/h4-12,19,21,25H,3,13-18H2,1-2H3,(H,29,34)(H,30,33)/t19-,25+/m0/s1. The van der Waals surface area contributed by atoms with Crippen molar-refractivity contribution in [2.75, 3.05) is 13.1 Å². The molecule has 34 heavy (non-hydrogen) atoms. The number of carbonyl (C=O) groups excluding carboxylic acids is 3. The van der Waals surface area contributed by atoms with Crippen LogP contribution >= 0.6 is 11.6 Å². The molecule has 3 rings (SSSR count). The first-order valence-electron chi connectivity index (χ1n) is 12.1. The van der Waals surface area contributed by atoms with Gasteiger partial charge in [0.25, 0.3) is 5.91 Å². The number of hydrogen-bond donors (Lipinski definition) is 2. The number of amides is 3. The highest BCUT2D eigenvalue weighted by molar-refractivity contribution is 6.33. The third-order valence-electron chi connectivity index (χ3n) is 6.52. The maximum Gasteiger partial charge on any atom is 0.253 e. The summed E-state index contributed by atoms with van der Waals surface area (Å²) in [6, 6.07) is 16.1. The minimum Gasteiger partial charge on any atom is -0.352 e. The van der Waals surface area contributed by atoms with Crippen LogP contribution < -0.4 is 10.6 Å². The van der Waals surface area contributed by atoms with E-state index in [9.17, 15) is 14.4 Å². The fourth-order valence-corrected chi connectivity index (χ4v) is 4.45. The van der Waals surface area contributed by atoms with Crippen LogP contribution in [-0.2, 0) is 16.0 Å². The van der Waals surface area contributed by atoms with Gasteiger partial charge in [0.15, 0.2) is 0 Å². The monoisotopic (exact) mass is 483 g/mol. The maximum absolute atomic E-state index is 13.1. The van der Waals surface area contributed by atoms with Gasteiger partial charge in [-0.3, -0.25) is 14.4 Å². The number of likely N-dealkylation sites (tertiary alicyclic amines) is 1. The number of piperidine rings is 1.